The van der Waals surface area contributed by atoms with Crippen molar-refractivity contribution in [3.8, 4) is 0 Å². The number of nitrogens with one attached hydrogen (secondary N) is 1. The van der Waals surface area contributed by atoms with Gasteiger partial charge in [0.05, 0.1) is 6.54 Å². The summed E-state index contributed by atoms with van der Waals surface area (Å²) in [4.78, 5) is 14.1. The van der Waals surface area contributed by atoms with Gasteiger partial charge >= 0.3 is 6.09 Å². The molecule has 0 aromatic heterocycles. The zero-order valence-corrected chi connectivity index (χ0v) is 14.4. The van der Waals surface area contributed by atoms with Crippen molar-refractivity contribution in [2.24, 2.45) is 5.92 Å². The predicted octanol–water partition coefficient (Wildman–Crippen LogP) is 4.05. The number of nitrogens with zero attached hydrogens (tertiary/aromatic N) is 1. The largest absolute Gasteiger partial charge is 0.444 e. The molecule has 2 rings (SSSR count). The molecule has 0 radical (unpaired) electrons. The molecule has 1 amide bonds. The SMILES string of the molecule is CC(C)CNc1cccc2c1CN(C(=O)OC(C)(C)C)CC2. The molecule has 0 aliphatic carbocycles. The van der Waals surface area contributed by atoms with Gasteiger partial charge in [0.15, 0.2) is 0 Å². The molecule has 0 saturated carbocycles. The number of anilines is 1. The lowest BCUT2D eigenvalue weighted by molar-refractivity contribution is 0.0224. The van der Waals surface area contributed by atoms with Gasteiger partial charge in [-0.15, -0.1) is 0 Å². The van der Waals surface area contributed by atoms with Crippen LogP contribution in [0.5, 0.6) is 0 Å². The van der Waals surface area contributed by atoms with Gasteiger partial charge in [-0.2, -0.15) is 0 Å². The summed E-state index contributed by atoms with van der Waals surface area (Å²) in [5.41, 5.74) is 3.24. The van der Waals surface area contributed by atoms with Gasteiger partial charge in [0.2, 0.25) is 0 Å². The lowest BCUT2D eigenvalue weighted by Gasteiger charge is -2.32. The van der Waals surface area contributed by atoms with E-state index in [9.17, 15) is 4.79 Å². The molecule has 4 heteroatoms. The van der Waals surface area contributed by atoms with Crippen molar-refractivity contribution in [2.75, 3.05) is 18.4 Å². The highest BCUT2D eigenvalue weighted by Gasteiger charge is 2.26. The van der Waals surface area contributed by atoms with Crippen LogP contribution in [0.25, 0.3) is 0 Å². The minimum atomic E-state index is -0.452. The van der Waals surface area contributed by atoms with Gasteiger partial charge < -0.3 is 15.0 Å². The van der Waals surface area contributed by atoms with Crippen molar-refractivity contribution in [1.82, 2.24) is 4.90 Å². The van der Waals surface area contributed by atoms with E-state index in [1.54, 1.807) is 4.90 Å². The maximum Gasteiger partial charge on any atom is 0.410 e. The summed E-state index contributed by atoms with van der Waals surface area (Å²) in [7, 11) is 0. The highest BCUT2D eigenvalue weighted by Crippen LogP contribution is 2.27. The fraction of sp³-hybridized carbons (Fsp3) is 0.611. The molecule has 0 unspecified atom stereocenters. The molecule has 1 heterocycles. The molecule has 0 spiro atoms. The fourth-order valence-corrected chi connectivity index (χ4v) is 2.54. The maximum atomic E-state index is 12.3. The Kier molecular flexibility index (Phi) is 4.99. The molecule has 1 aliphatic heterocycles. The standard InChI is InChI=1S/C18H28N2O2/c1-13(2)11-19-16-8-6-7-14-9-10-20(12-15(14)16)17(21)22-18(3,4)5/h6-8,13,19H,9-12H2,1-5H3. The molecule has 0 saturated heterocycles. The van der Waals surface area contributed by atoms with Crippen molar-refractivity contribution < 1.29 is 9.53 Å². The first kappa shape index (κ1) is 16.7. The van der Waals surface area contributed by atoms with Crippen LogP contribution >= 0.6 is 0 Å². The summed E-state index contributed by atoms with van der Waals surface area (Å²) < 4.78 is 5.50. The first-order chi connectivity index (χ1) is 10.3. The monoisotopic (exact) mass is 304 g/mol. The number of ether oxygens (including phenoxy) is 1. The molecule has 122 valence electrons. The highest BCUT2D eigenvalue weighted by atomic mass is 16.6. The summed E-state index contributed by atoms with van der Waals surface area (Å²) in [6, 6.07) is 6.34. The van der Waals surface area contributed by atoms with Crippen LogP contribution in [0.2, 0.25) is 0 Å². The van der Waals surface area contributed by atoms with Crippen LogP contribution in [0.1, 0.15) is 45.7 Å². The molecule has 1 N–H and O–H groups in total. The number of carbonyl (C=O) groups is 1. The average Bonchev–Trinajstić information content (AvgIpc) is 2.42. The minimum Gasteiger partial charge on any atom is -0.444 e. The number of amides is 1. The summed E-state index contributed by atoms with van der Waals surface area (Å²) >= 11 is 0. The Morgan fingerprint density at radius 3 is 2.73 bits per heavy atom. The van der Waals surface area contributed by atoms with Crippen molar-refractivity contribution in [3.63, 3.8) is 0 Å². The number of benzene rings is 1. The zero-order chi connectivity index (χ0) is 16.3. The number of hydrogen-bond donors (Lipinski definition) is 1. The van der Waals surface area contributed by atoms with E-state index in [-0.39, 0.29) is 6.09 Å². The Balaban J connectivity index is 2.12. The lowest BCUT2D eigenvalue weighted by atomic mass is 9.98. The van der Waals surface area contributed by atoms with E-state index in [0.717, 1.165) is 25.2 Å². The predicted molar refractivity (Wildman–Crippen MR) is 90.1 cm³/mol. The molecule has 0 bridgehead atoms. The second-order valence-electron chi connectivity index (χ2n) is 7.37. The third-order valence-electron chi connectivity index (χ3n) is 3.63. The first-order valence-corrected chi connectivity index (χ1v) is 8.09. The summed E-state index contributed by atoms with van der Waals surface area (Å²) in [5, 5.41) is 3.50. The first-order valence-electron chi connectivity index (χ1n) is 8.09. The van der Waals surface area contributed by atoms with Gasteiger partial charge in [-0.25, -0.2) is 4.79 Å². The second-order valence-corrected chi connectivity index (χ2v) is 7.37. The second kappa shape index (κ2) is 6.59. The van der Waals surface area contributed by atoms with Crippen molar-refractivity contribution in [3.05, 3.63) is 29.3 Å². The molecule has 4 nitrogen and oxygen atoms in total. The number of hydrogen-bond acceptors (Lipinski definition) is 3. The van der Waals surface area contributed by atoms with E-state index in [1.165, 1.54) is 11.1 Å². The van der Waals surface area contributed by atoms with Gasteiger partial charge in [0.1, 0.15) is 5.60 Å². The van der Waals surface area contributed by atoms with Crippen LogP contribution in [0, 0.1) is 5.92 Å². The molecular weight excluding hydrogens is 276 g/mol. The average molecular weight is 304 g/mol. The van der Waals surface area contributed by atoms with Gasteiger partial charge in [-0.3, -0.25) is 0 Å². The Bertz CT molecular complexity index is 532. The smallest absolute Gasteiger partial charge is 0.410 e. The Labute approximate surface area is 133 Å². The van der Waals surface area contributed by atoms with Gasteiger partial charge in [-0.1, -0.05) is 26.0 Å². The molecule has 22 heavy (non-hydrogen) atoms. The van der Waals surface area contributed by atoms with E-state index in [2.05, 4.69) is 37.4 Å². The van der Waals surface area contributed by atoms with Crippen LogP contribution < -0.4 is 5.32 Å². The van der Waals surface area contributed by atoms with Crippen LogP contribution in [0.3, 0.4) is 0 Å². The molecule has 1 aromatic carbocycles. The summed E-state index contributed by atoms with van der Waals surface area (Å²) in [6.07, 6.45) is 0.656. The number of rotatable bonds is 3. The molecule has 1 aromatic rings. The van der Waals surface area contributed by atoms with E-state index in [4.69, 9.17) is 4.74 Å². The summed E-state index contributed by atoms with van der Waals surface area (Å²) in [6.45, 7) is 12.4. The van der Waals surface area contributed by atoms with E-state index in [1.807, 2.05) is 20.8 Å². The molecule has 1 aliphatic rings. The van der Waals surface area contributed by atoms with Crippen molar-refractivity contribution >= 4 is 11.8 Å². The Morgan fingerprint density at radius 2 is 2.09 bits per heavy atom. The fourth-order valence-electron chi connectivity index (χ4n) is 2.54. The third-order valence-corrected chi connectivity index (χ3v) is 3.63. The van der Waals surface area contributed by atoms with Gasteiger partial charge in [0.25, 0.3) is 0 Å². The van der Waals surface area contributed by atoms with E-state index in [0.29, 0.717) is 12.5 Å². The molecule has 0 atom stereocenters. The number of fused-ring (bicyclic) bond motifs is 1. The van der Waals surface area contributed by atoms with Crippen molar-refractivity contribution in [1.29, 1.82) is 0 Å². The number of carbonyl (C=O) groups excluding carboxylic acids is 1. The van der Waals surface area contributed by atoms with Crippen LogP contribution in [0.4, 0.5) is 10.5 Å². The molecule has 0 fully saturated rings. The lowest BCUT2D eigenvalue weighted by Crippen LogP contribution is -2.40. The molecular formula is C18H28N2O2. The minimum absolute atomic E-state index is 0.225. The Morgan fingerprint density at radius 1 is 1.36 bits per heavy atom. The van der Waals surface area contributed by atoms with Gasteiger partial charge in [-0.05, 0) is 50.3 Å². The summed E-state index contributed by atoms with van der Waals surface area (Å²) in [5.74, 6) is 0.585. The third kappa shape index (κ3) is 4.39. The van der Waals surface area contributed by atoms with Crippen LogP contribution in [-0.4, -0.2) is 29.7 Å². The maximum absolute atomic E-state index is 12.3. The van der Waals surface area contributed by atoms with Crippen LogP contribution in [-0.2, 0) is 17.7 Å². The normalized spacial score (nSPS) is 14.7. The van der Waals surface area contributed by atoms with Crippen LogP contribution in [0.15, 0.2) is 18.2 Å². The zero-order valence-electron chi connectivity index (χ0n) is 14.4. The van der Waals surface area contributed by atoms with E-state index < -0.39 is 5.60 Å². The van der Waals surface area contributed by atoms with Gasteiger partial charge in [0, 0.05) is 18.8 Å². The van der Waals surface area contributed by atoms with E-state index >= 15 is 0 Å². The van der Waals surface area contributed by atoms with Crippen molar-refractivity contribution in [2.45, 2.75) is 53.2 Å². The highest BCUT2D eigenvalue weighted by molar-refractivity contribution is 5.69. The Hall–Kier alpha value is -1.71. The quantitative estimate of drug-likeness (QED) is 0.916. The topological polar surface area (TPSA) is 41.6 Å².